The second-order valence-electron chi connectivity index (χ2n) is 5.68. The highest BCUT2D eigenvalue weighted by molar-refractivity contribution is 5.79. The van der Waals surface area contributed by atoms with Crippen LogP contribution < -0.4 is 5.73 Å². The SMILES string of the molecule is COC(=O)C1CCN(C(=O)CN2CCCC2CN)CC1. The summed E-state index contributed by atoms with van der Waals surface area (Å²) in [5, 5.41) is 0. The lowest BCUT2D eigenvalue weighted by molar-refractivity contribution is -0.149. The fourth-order valence-corrected chi connectivity index (χ4v) is 3.18. The van der Waals surface area contributed by atoms with Crippen LogP contribution in [0.3, 0.4) is 0 Å². The molecule has 0 aromatic heterocycles. The molecule has 0 aromatic carbocycles. The molecule has 0 aliphatic carbocycles. The van der Waals surface area contributed by atoms with Crippen LogP contribution in [0.1, 0.15) is 25.7 Å². The molecule has 1 amide bonds. The fourth-order valence-electron chi connectivity index (χ4n) is 3.18. The van der Waals surface area contributed by atoms with Gasteiger partial charge in [0.2, 0.25) is 5.91 Å². The van der Waals surface area contributed by atoms with Crippen molar-refractivity contribution in [3.8, 4) is 0 Å². The maximum Gasteiger partial charge on any atom is 0.308 e. The van der Waals surface area contributed by atoms with Crippen LogP contribution in [-0.4, -0.2) is 67.6 Å². The number of ether oxygens (including phenoxy) is 1. The average Bonchev–Trinajstić information content (AvgIpc) is 2.93. The molecule has 2 aliphatic rings. The van der Waals surface area contributed by atoms with Crippen LogP contribution in [0.5, 0.6) is 0 Å². The number of amides is 1. The Morgan fingerprint density at radius 3 is 2.50 bits per heavy atom. The Bertz CT molecular complexity index is 354. The second-order valence-corrected chi connectivity index (χ2v) is 5.68. The zero-order valence-corrected chi connectivity index (χ0v) is 12.2. The van der Waals surface area contributed by atoms with Crippen LogP contribution in [0, 0.1) is 5.92 Å². The third-order valence-corrected chi connectivity index (χ3v) is 4.49. The molecule has 6 heteroatoms. The lowest BCUT2D eigenvalue weighted by Gasteiger charge is -2.32. The topological polar surface area (TPSA) is 75.9 Å². The minimum atomic E-state index is -0.153. The number of piperidine rings is 1. The van der Waals surface area contributed by atoms with Crippen LogP contribution in [-0.2, 0) is 14.3 Å². The zero-order chi connectivity index (χ0) is 14.5. The van der Waals surface area contributed by atoms with Gasteiger partial charge >= 0.3 is 5.97 Å². The predicted molar refractivity (Wildman–Crippen MR) is 75.0 cm³/mol. The van der Waals surface area contributed by atoms with Crippen LogP contribution in [0.15, 0.2) is 0 Å². The number of esters is 1. The average molecular weight is 283 g/mol. The van der Waals surface area contributed by atoms with E-state index >= 15 is 0 Å². The van der Waals surface area contributed by atoms with Gasteiger partial charge in [0.1, 0.15) is 0 Å². The zero-order valence-electron chi connectivity index (χ0n) is 12.2. The molecule has 1 atom stereocenters. The Morgan fingerprint density at radius 1 is 1.20 bits per heavy atom. The maximum atomic E-state index is 12.3. The lowest BCUT2D eigenvalue weighted by Crippen LogP contribution is -2.47. The van der Waals surface area contributed by atoms with Crippen LogP contribution >= 0.6 is 0 Å². The minimum absolute atomic E-state index is 0.0485. The third kappa shape index (κ3) is 3.49. The summed E-state index contributed by atoms with van der Waals surface area (Å²) < 4.78 is 4.76. The molecule has 0 saturated carbocycles. The largest absolute Gasteiger partial charge is 0.469 e. The van der Waals surface area contributed by atoms with Crippen molar-refractivity contribution in [2.24, 2.45) is 11.7 Å². The number of nitrogens with two attached hydrogens (primary N) is 1. The summed E-state index contributed by atoms with van der Waals surface area (Å²) in [7, 11) is 1.42. The first-order chi connectivity index (χ1) is 9.65. The Kier molecular flexibility index (Phi) is 5.37. The van der Waals surface area contributed by atoms with Crippen molar-refractivity contribution in [3.63, 3.8) is 0 Å². The molecule has 0 aromatic rings. The maximum absolute atomic E-state index is 12.3. The van der Waals surface area contributed by atoms with Crippen LogP contribution in [0.4, 0.5) is 0 Å². The van der Waals surface area contributed by atoms with Gasteiger partial charge in [-0.1, -0.05) is 0 Å². The van der Waals surface area contributed by atoms with E-state index in [1.54, 1.807) is 0 Å². The number of carbonyl (C=O) groups excluding carboxylic acids is 2. The Balaban J connectivity index is 1.78. The molecule has 2 rings (SSSR count). The van der Waals surface area contributed by atoms with Gasteiger partial charge in [-0.15, -0.1) is 0 Å². The minimum Gasteiger partial charge on any atom is -0.469 e. The number of rotatable bonds is 4. The summed E-state index contributed by atoms with van der Waals surface area (Å²) in [6.45, 7) is 3.36. The van der Waals surface area contributed by atoms with Crippen LogP contribution in [0.25, 0.3) is 0 Å². The summed E-state index contributed by atoms with van der Waals surface area (Å²) in [5.41, 5.74) is 5.73. The number of carbonyl (C=O) groups is 2. The molecule has 2 aliphatic heterocycles. The molecule has 20 heavy (non-hydrogen) atoms. The van der Waals surface area contributed by atoms with Crippen molar-refractivity contribution in [1.29, 1.82) is 0 Å². The fraction of sp³-hybridized carbons (Fsp3) is 0.857. The van der Waals surface area contributed by atoms with E-state index in [0.29, 0.717) is 45.1 Å². The van der Waals surface area contributed by atoms with Gasteiger partial charge in [-0.3, -0.25) is 14.5 Å². The van der Waals surface area contributed by atoms with Gasteiger partial charge in [0, 0.05) is 25.7 Å². The van der Waals surface area contributed by atoms with Gasteiger partial charge in [0.25, 0.3) is 0 Å². The summed E-state index contributed by atoms with van der Waals surface area (Å²) >= 11 is 0. The summed E-state index contributed by atoms with van der Waals surface area (Å²) in [6, 6.07) is 0.353. The molecule has 2 saturated heterocycles. The van der Waals surface area contributed by atoms with E-state index in [9.17, 15) is 9.59 Å². The summed E-state index contributed by atoms with van der Waals surface area (Å²) in [4.78, 5) is 27.8. The number of hydrogen-bond donors (Lipinski definition) is 1. The number of nitrogens with zero attached hydrogens (tertiary/aromatic N) is 2. The smallest absolute Gasteiger partial charge is 0.308 e. The molecule has 0 bridgehead atoms. The quantitative estimate of drug-likeness (QED) is 0.724. The van der Waals surface area contributed by atoms with E-state index in [0.717, 1.165) is 19.4 Å². The van der Waals surface area contributed by atoms with Gasteiger partial charge in [0.15, 0.2) is 0 Å². The molecular weight excluding hydrogens is 258 g/mol. The van der Waals surface area contributed by atoms with E-state index in [4.69, 9.17) is 10.5 Å². The van der Waals surface area contributed by atoms with E-state index in [1.807, 2.05) is 4.90 Å². The molecule has 0 radical (unpaired) electrons. The molecular formula is C14H25N3O3. The number of likely N-dealkylation sites (tertiary alicyclic amines) is 2. The van der Waals surface area contributed by atoms with Crippen LogP contribution in [0.2, 0.25) is 0 Å². The van der Waals surface area contributed by atoms with Gasteiger partial charge in [-0.2, -0.15) is 0 Å². The first-order valence-electron chi connectivity index (χ1n) is 7.45. The monoisotopic (exact) mass is 283 g/mol. The number of methoxy groups -OCH3 is 1. The van der Waals surface area contributed by atoms with Gasteiger partial charge in [0.05, 0.1) is 19.6 Å². The highest BCUT2D eigenvalue weighted by Crippen LogP contribution is 2.20. The first kappa shape index (κ1) is 15.3. The molecule has 6 nitrogen and oxygen atoms in total. The molecule has 1 unspecified atom stereocenters. The van der Waals surface area contributed by atoms with Crippen molar-refractivity contribution < 1.29 is 14.3 Å². The van der Waals surface area contributed by atoms with Crippen molar-refractivity contribution >= 4 is 11.9 Å². The van der Waals surface area contributed by atoms with E-state index < -0.39 is 0 Å². The predicted octanol–water partition coefficient (Wildman–Crippen LogP) is -0.179. The van der Waals surface area contributed by atoms with Gasteiger partial charge in [-0.25, -0.2) is 0 Å². The van der Waals surface area contributed by atoms with E-state index in [1.165, 1.54) is 7.11 Å². The van der Waals surface area contributed by atoms with Crippen molar-refractivity contribution in [2.45, 2.75) is 31.7 Å². The summed E-state index contributed by atoms with van der Waals surface area (Å²) in [5.74, 6) is -0.0406. The normalized spacial score (nSPS) is 24.9. The van der Waals surface area contributed by atoms with Crippen molar-refractivity contribution in [2.75, 3.05) is 39.8 Å². The van der Waals surface area contributed by atoms with E-state index in [2.05, 4.69) is 4.90 Å². The lowest BCUT2D eigenvalue weighted by atomic mass is 9.97. The molecule has 114 valence electrons. The number of hydrogen-bond acceptors (Lipinski definition) is 5. The van der Waals surface area contributed by atoms with Crippen molar-refractivity contribution in [3.05, 3.63) is 0 Å². The molecule has 2 N–H and O–H groups in total. The first-order valence-corrected chi connectivity index (χ1v) is 7.45. The second kappa shape index (κ2) is 7.04. The Labute approximate surface area is 120 Å². The molecule has 2 fully saturated rings. The molecule has 2 heterocycles. The molecule has 0 spiro atoms. The van der Waals surface area contributed by atoms with Crippen molar-refractivity contribution in [1.82, 2.24) is 9.80 Å². The van der Waals surface area contributed by atoms with Gasteiger partial charge in [-0.05, 0) is 32.2 Å². The Hall–Kier alpha value is -1.14. The standard InChI is InChI=1S/C14H25N3O3/c1-20-14(19)11-4-7-16(8-5-11)13(18)10-17-6-2-3-12(17)9-15/h11-12H,2-10,15H2,1H3. The third-order valence-electron chi connectivity index (χ3n) is 4.49. The Morgan fingerprint density at radius 2 is 1.90 bits per heavy atom. The van der Waals surface area contributed by atoms with E-state index in [-0.39, 0.29) is 17.8 Å². The highest BCUT2D eigenvalue weighted by atomic mass is 16.5. The summed E-state index contributed by atoms with van der Waals surface area (Å²) in [6.07, 6.45) is 3.63. The highest BCUT2D eigenvalue weighted by Gasteiger charge is 2.30. The van der Waals surface area contributed by atoms with Gasteiger partial charge < -0.3 is 15.4 Å².